The quantitative estimate of drug-likeness (QED) is 0.602. The first-order chi connectivity index (χ1) is 12.5. The minimum absolute atomic E-state index is 0.0311. The molecule has 2 heterocycles. The molecule has 1 N–H and O–H groups in total. The van der Waals surface area contributed by atoms with Crippen LogP contribution in [0.5, 0.6) is 5.75 Å². The number of hydrogen-bond donors (Lipinski definition) is 1. The maximum Gasteiger partial charge on any atom is 0.256 e. The largest absolute Gasteiger partial charge is 0.495 e. The van der Waals surface area contributed by atoms with Crippen LogP contribution in [0.2, 0.25) is 0 Å². The van der Waals surface area contributed by atoms with Crippen molar-refractivity contribution in [2.45, 2.75) is 9.79 Å². The Balaban J connectivity index is 1.93. The molecule has 1 amide bonds. The standard InChI is InChI=1S/C19H14N2O4S/c1-25-15-7-6-14(19(22)21-12-8-10-20-11-9-12)17-13-4-2-3-5-16(13)26(23,24)18(15)17/h2-11H,1H3,(H,20,21,22). The van der Waals surface area contributed by atoms with Gasteiger partial charge >= 0.3 is 0 Å². The summed E-state index contributed by atoms with van der Waals surface area (Å²) in [7, 11) is -2.34. The highest BCUT2D eigenvalue weighted by Crippen LogP contribution is 2.49. The highest BCUT2D eigenvalue weighted by Gasteiger charge is 2.38. The van der Waals surface area contributed by atoms with E-state index >= 15 is 0 Å². The third-order valence-electron chi connectivity index (χ3n) is 4.24. The molecule has 0 saturated heterocycles. The summed E-state index contributed by atoms with van der Waals surface area (Å²) in [6.07, 6.45) is 3.13. The van der Waals surface area contributed by atoms with Gasteiger partial charge in [0, 0.05) is 34.8 Å². The molecular weight excluding hydrogens is 352 g/mol. The monoisotopic (exact) mass is 366 g/mol. The Labute approximate surface area is 150 Å². The van der Waals surface area contributed by atoms with Crippen molar-refractivity contribution >= 4 is 21.4 Å². The molecule has 0 fully saturated rings. The number of benzene rings is 2. The molecule has 7 heteroatoms. The van der Waals surface area contributed by atoms with Gasteiger partial charge in [-0.3, -0.25) is 9.78 Å². The van der Waals surface area contributed by atoms with E-state index in [1.54, 1.807) is 48.8 Å². The third-order valence-corrected chi connectivity index (χ3v) is 6.12. The number of ether oxygens (including phenoxy) is 1. The van der Waals surface area contributed by atoms with Crippen molar-refractivity contribution in [2.75, 3.05) is 12.4 Å². The van der Waals surface area contributed by atoms with Gasteiger partial charge in [0.15, 0.2) is 0 Å². The number of carbonyl (C=O) groups is 1. The zero-order valence-corrected chi connectivity index (χ0v) is 14.6. The first-order valence-electron chi connectivity index (χ1n) is 7.81. The van der Waals surface area contributed by atoms with Crippen molar-refractivity contribution in [3.63, 3.8) is 0 Å². The normalized spacial score (nSPS) is 13.6. The van der Waals surface area contributed by atoms with Crippen LogP contribution >= 0.6 is 0 Å². The lowest BCUT2D eigenvalue weighted by Crippen LogP contribution is -2.14. The number of rotatable bonds is 3. The van der Waals surface area contributed by atoms with Gasteiger partial charge in [0.2, 0.25) is 9.84 Å². The lowest BCUT2D eigenvalue weighted by Gasteiger charge is -2.12. The summed E-state index contributed by atoms with van der Waals surface area (Å²) in [4.78, 5) is 16.9. The summed E-state index contributed by atoms with van der Waals surface area (Å²) in [6, 6.07) is 13.0. The van der Waals surface area contributed by atoms with Gasteiger partial charge in [0.05, 0.1) is 12.0 Å². The molecule has 1 aliphatic heterocycles. The summed E-state index contributed by atoms with van der Waals surface area (Å²) >= 11 is 0. The van der Waals surface area contributed by atoms with E-state index in [2.05, 4.69) is 10.3 Å². The van der Waals surface area contributed by atoms with E-state index in [9.17, 15) is 13.2 Å². The van der Waals surface area contributed by atoms with E-state index in [0.29, 0.717) is 16.8 Å². The van der Waals surface area contributed by atoms with Gasteiger partial charge in [-0.25, -0.2) is 8.42 Å². The average Bonchev–Trinajstić information content (AvgIpc) is 2.90. The molecule has 3 aromatic rings. The fourth-order valence-electron chi connectivity index (χ4n) is 3.10. The van der Waals surface area contributed by atoms with Crippen LogP contribution in [0.15, 0.2) is 70.7 Å². The van der Waals surface area contributed by atoms with Crippen molar-refractivity contribution in [1.82, 2.24) is 4.98 Å². The second-order valence-corrected chi connectivity index (χ2v) is 7.56. The van der Waals surface area contributed by atoms with E-state index in [-0.39, 0.29) is 21.1 Å². The fraction of sp³-hybridized carbons (Fsp3) is 0.0526. The van der Waals surface area contributed by atoms with Crippen molar-refractivity contribution in [2.24, 2.45) is 0 Å². The number of sulfone groups is 1. The van der Waals surface area contributed by atoms with Crippen LogP contribution in [0.25, 0.3) is 11.1 Å². The first kappa shape index (κ1) is 16.3. The van der Waals surface area contributed by atoms with Gasteiger partial charge < -0.3 is 10.1 Å². The maximum atomic E-state index is 13.0. The van der Waals surface area contributed by atoms with Gasteiger partial charge in [0.25, 0.3) is 5.91 Å². The molecule has 0 radical (unpaired) electrons. The van der Waals surface area contributed by atoms with E-state index in [1.807, 2.05) is 0 Å². The number of nitrogens with one attached hydrogen (secondary N) is 1. The first-order valence-corrected chi connectivity index (χ1v) is 9.29. The number of pyridine rings is 1. The fourth-order valence-corrected chi connectivity index (χ4v) is 4.94. The summed E-state index contributed by atoms with van der Waals surface area (Å²) < 4.78 is 31.2. The highest BCUT2D eigenvalue weighted by atomic mass is 32.2. The van der Waals surface area contributed by atoms with Crippen molar-refractivity contribution in [3.05, 3.63) is 66.5 Å². The maximum absolute atomic E-state index is 13.0. The van der Waals surface area contributed by atoms with Gasteiger partial charge in [-0.1, -0.05) is 18.2 Å². The number of amides is 1. The Morgan fingerprint density at radius 2 is 1.77 bits per heavy atom. The highest BCUT2D eigenvalue weighted by molar-refractivity contribution is 7.92. The molecular formula is C19H14N2O4S. The molecule has 26 heavy (non-hydrogen) atoms. The van der Waals surface area contributed by atoms with E-state index in [0.717, 1.165) is 0 Å². The van der Waals surface area contributed by atoms with E-state index in [4.69, 9.17) is 4.74 Å². The molecule has 0 saturated carbocycles. The van der Waals surface area contributed by atoms with Crippen molar-refractivity contribution < 1.29 is 17.9 Å². The van der Waals surface area contributed by atoms with Crippen LogP contribution < -0.4 is 10.1 Å². The lowest BCUT2D eigenvalue weighted by atomic mass is 9.98. The van der Waals surface area contributed by atoms with Crippen LogP contribution in [-0.4, -0.2) is 26.4 Å². The summed E-state index contributed by atoms with van der Waals surface area (Å²) in [6.45, 7) is 0. The lowest BCUT2D eigenvalue weighted by molar-refractivity contribution is 0.102. The molecule has 0 unspecified atom stereocenters. The molecule has 4 rings (SSSR count). The van der Waals surface area contributed by atoms with Crippen LogP contribution in [0, 0.1) is 0 Å². The SMILES string of the molecule is COc1ccc(C(=O)Nc2ccncc2)c2c1S(=O)(=O)c1ccccc1-2. The van der Waals surface area contributed by atoms with Crippen LogP contribution in [0.4, 0.5) is 5.69 Å². The molecule has 0 spiro atoms. The molecule has 0 atom stereocenters. The molecule has 2 aromatic carbocycles. The summed E-state index contributed by atoms with van der Waals surface area (Å²) in [5, 5.41) is 2.77. The molecule has 130 valence electrons. The Morgan fingerprint density at radius 1 is 1.04 bits per heavy atom. The predicted molar refractivity (Wildman–Crippen MR) is 96.1 cm³/mol. The molecule has 1 aliphatic rings. The molecule has 0 bridgehead atoms. The number of nitrogens with zero attached hydrogens (tertiary/aromatic N) is 1. The van der Waals surface area contributed by atoms with Gasteiger partial charge in [-0.15, -0.1) is 0 Å². The third kappa shape index (κ3) is 2.36. The number of hydrogen-bond acceptors (Lipinski definition) is 5. The molecule has 1 aromatic heterocycles. The second kappa shape index (κ2) is 5.96. The van der Waals surface area contributed by atoms with Crippen LogP contribution in [0.1, 0.15) is 10.4 Å². The topological polar surface area (TPSA) is 85.4 Å². The Morgan fingerprint density at radius 3 is 2.50 bits per heavy atom. The zero-order valence-electron chi connectivity index (χ0n) is 13.8. The van der Waals surface area contributed by atoms with Gasteiger partial charge in [0.1, 0.15) is 10.6 Å². The Kier molecular flexibility index (Phi) is 3.73. The number of methoxy groups -OCH3 is 1. The smallest absolute Gasteiger partial charge is 0.256 e. The van der Waals surface area contributed by atoms with Gasteiger partial charge in [-0.2, -0.15) is 0 Å². The average molecular weight is 366 g/mol. The minimum atomic E-state index is -3.75. The molecule has 0 aliphatic carbocycles. The predicted octanol–water partition coefficient (Wildman–Crippen LogP) is 3.16. The van der Waals surface area contributed by atoms with E-state index < -0.39 is 15.7 Å². The number of aromatic nitrogens is 1. The zero-order chi connectivity index (χ0) is 18.3. The van der Waals surface area contributed by atoms with Crippen LogP contribution in [0.3, 0.4) is 0 Å². The van der Waals surface area contributed by atoms with Crippen molar-refractivity contribution in [3.8, 4) is 16.9 Å². The summed E-state index contributed by atoms with van der Waals surface area (Å²) in [5.74, 6) is -0.182. The Bertz CT molecular complexity index is 1130. The second-order valence-electron chi connectivity index (χ2n) is 5.71. The summed E-state index contributed by atoms with van der Waals surface area (Å²) in [5.41, 5.74) is 1.71. The Hall–Kier alpha value is -3.19. The van der Waals surface area contributed by atoms with Crippen LogP contribution in [-0.2, 0) is 9.84 Å². The number of carbonyl (C=O) groups excluding carboxylic acids is 1. The minimum Gasteiger partial charge on any atom is -0.495 e. The number of anilines is 1. The molecule has 6 nitrogen and oxygen atoms in total. The number of fused-ring (bicyclic) bond motifs is 3. The van der Waals surface area contributed by atoms with Gasteiger partial charge in [-0.05, 0) is 30.3 Å². The van der Waals surface area contributed by atoms with Crippen molar-refractivity contribution in [1.29, 1.82) is 0 Å². The van der Waals surface area contributed by atoms with E-state index in [1.165, 1.54) is 19.2 Å².